The van der Waals surface area contributed by atoms with E-state index in [1.165, 1.54) is 47.3 Å². The summed E-state index contributed by atoms with van der Waals surface area (Å²) in [5.41, 5.74) is 8.53. The van der Waals surface area contributed by atoms with Gasteiger partial charge in [-0.15, -0.1) is 0 Å². The summed E-state index contributed by atoms with van der Waals surface area (Å²) >= 11 is 0. The molecule has 5 atom stereocenters. The number of rotatable bonds is 19. The molecule has 1 fully saturated rings. The fourth-order valence-electron chi connectivity index (χ4n) is 6.09. The molecule has 3 heterocycles. The van der Waals surface area contributed by atoms with Crippen molar-refractivity contribution in [2.24, 2.45) is 0 Å². The summed E-state index contributed by atoms with van der Waals surface area (Å²) in [6, 6.07) is 17.8. The van der Waals surface area contributed by atoms with E-state index in [4.69, 9.17) is 34.2 Å². The van der Waals surface area contributed by atoms with Crippen molar-refractivity contribution >= 4 is 40.3 Å². The molecule has 5 aromatic rings. The molecular weight excluding hydrogens is 780 g/mol. The highest BCUT2D eigenvalue weighted by atomic mass is 16.7. The number of ether oxygens (including phenoxy) is 6. The second kappa shape index (κ2) is 19.0. The molecule has 1 aliphatic heterocycles. The van der Waals surface area contributed by atoms with Gasteiger partial charge in [0.2, 0.25) is 11.8 Å². The number of aliphatic hydroxyl groups is 1. The predicted molar refractivity (Wildman–Crippen MR) is 203 cm³/mol. The molecule has 22 nitrogen and oxygen atoms in total. The van der Waals surface area contributed by atoms with Gasteiger partial charge in [-0.1, -0.05) is 36.4 Å². The fraction of sp³-hybridized carbons (Fsp3) is 0.351. The van der Waals surface area contributed by atoms with Gasteiger partial charge < -0.3 is 39.3 Å². The lowest BCUT2D eigenvalue weighted by atomic mass is 10.1. The highest BCUT2D eigenvalue weighted by molar-refractivity contribution is 5.77. The largest absolute Gasteiger partial charge is 0.508 e. The van der Waals surface area contributed by atoms with Crippen molar-refractivity contribution in [3.8, 4) is 5.88 Å². The number of nitro benzene ring substituents is 3. The van der Waals surface area contributed by atoms with Gasteiger partial charge in [0.15, 0.2) is 23.7 Å². The van der Waals surface area contributed by atoms with Crippen LogP contribution in [0.3, 0.4) is 0 Å². The highest BCUT2D eigenvalue weighted by Crippen LogP contribution is 2.36. The Bertz CT molecular complexity index is 2260. The number of aromatic nitrogens is 4. The molecule has 0 bridgehead atoms. The van der Waals surface area contributed by atoms with E-state index in [0.717, 1.165) is 11.1 Å². The van der Waals surface area contributed by atoms with Crippen LogP contribution in [0.1, 0.15) is 29.8 Å². The maximum absolute atomic E-state index is 12.5. The third-order valence-electron chi connectivity index (χ3n) is 9.13. The van der Waals surface area contributed by atoms with Gasteiger partial charge in [-0.2, -0.15) is 9.97 Å². The van der Waals surface area contributed by atoms with Gasteiger partial charge in [-0.05, 0) is 30.0 Å². The number of fused-ring (bicyclic) bond motifs is 1. The standard InChI is InChI=1S/C37H38N8O14/c1-22(54-17-14-23-2-8-26(9-3-23)43(48)49)58-32-31(46)29(20-57-37(47)56-19-16-25-6-12-28(13-7-25)45(52)53)59-35(32)42-21-39-30-33(42)40-36(38)41-34(30)55-18-15-24-4-10-27(11-5-24)44(50)51/h2-13,21-22,29,31-32,35,46H,14-20H2,1H3,(H2,38,40,41)/t22?,29-,31-,32-,35-/m1/s1. The Labute approximate surface area is 333 Å². The predicted octanol–water partition coefficient (Wildman–Crippen LogP) is 4.40. The Kier molecular flexibility index (Phi) is 13.5. The first kappa shape index (κ1) is 41.7. The summed E-state index contributed by atoms with van der Waals surface area (Å²) in [6.07, 6.45) is -4.40. The van der Waals surface area contributed by atoms with Crippen LogP contribution in [0.25, 0.3) is 11.2 Å². The number of carbonyl (C=O) groups is 1. The Morgan fingerprint density at radius 1 is 0.814 bits per heavy atom. The fourth-order valence-corrected chi connectivity index (χ4v) is 6.09. The molecule has 6 rings (SSSR count). The van der Waals surface area contributed by atoms with E-state index in [2.05, 4.69) is 15.0 Å². The van der Waals surface area contributed by atoms with E-state index in [1.807, 2.05) is 0 Å². The molecule has 0 saturated carbocycles. The van der Waals surface area contributed by atoms with Gasteiger partial charge >= 0.3 is 6.16 Å². The summed E-state index contributed by atoms with van der Waals surface area (Å²) in [4.78, 5) is 56.9. The minimum absolute atomic E-state index is 0.0401. The molecule has 1 aliphatic rings. The van der Waals surface area contributed by atoms with Crippen LogP contribution in [0.5, 0.6) is 5.88 Å². The van der Waals surface area contributed by atoms with Crippen LogP contribution >= 0.6 is 0 Å². The molecule has 22 heteroatoms. The van der Waals surface area contributed by atoms with Crippen LogP contribution < -0.4 is 10.5 Å². The first-order valence-corrected chi connectivity index (χ1v) is 18.1. The highest BCUT2D eigenvalue weighted by Gasteiger charge is 2.48. The van der Waals surface area contributed by atoms with E-state index in [9.17, 15) is 40.2 Å². The number of anilines is 1. The Morgan fingerprint density at radius 2 is 1.34 bits per heavy atom. The van der Waals surface area contributed by atoms with Gasteiger partial charge in [0.05, 0.1) is 40.9 Å². The number of nitrogens with two attached hydrogens (primary N) is 1. The van der Waals surface area contributed by atoms with Crippen molar-refractivity contribution in [1.29, 1.82) is 0 Å². The molecule has 310 valence electrons. The van der Waals surface area contributed by atoms with E-state index < -0.39 is 58.4 Å². The van der Waals surface area contributed by atoms with Gasteiger partial charge in [0.1, 0.15) is 24.9 Å². The molecule has 3 N–H and O–H groups in total. The van der Waals surface area contributed by atoms with Gasteiger partial charge in [0.25, 0.3) is 17.1 Å². The molecule has 0 aliphatic carbocycles. The third-order valence-corrected chi connectivity index (χ3v) is 9.13. The number of imidazole rings is 1. The average molecular weight is 819 g/mol. The molecule has 0 amide bonds. The Morgan fingerprint density at radius 3 is 1.88 bits per heavy atom. The van der Waals surface area contributed by atoms with Gasteiger partial charge in [-0.25, -0.2) is 9.78 Å². The minimum atomic E-state index is -1.40. The van der Waals surface area contributed by atoms with Crippen molar-refractivity contribution in [2.45, 2.75) is 57.0 Å². The van der Waals surface area contributed by atoms with Crippen LogP contribution in [-0.2, 0) is 42.9 Å². The number of benzene rings is 3. The number of nitro groups is 3. The van der Waals surface area contributed by atoms with Crippen molar-refractivity contribution in [3.05, 3.63) is 126 Å². The second-order valence-corrected chi connectivity index (χ2v) is 13.1. The van der Waals surface area contributed by atoms with E-state index in [-0.39, 0.29) is 66.3 Å². The van der Waals surface area contributed by atoms with Gasteiger partial charge in [-0.3, -0.25) is 34.9 Å². The molecule has 3 aromatic carbocycles. The van der Waals surface area contributed by atoms with Crippen molar-refractivity contribution < 1.29 is 53.1 Å². The second-order valence-electron chi connectivity index (χ2n) is 13.1. The zero-order valence-electron chi connectivity index (χ0n) is 31.3. The lowest BCUT2D eigenvalue weighted by Crippen LogP contribution is -2.38. The zero-order chi connectivity index (χ0) is 42.1. The molecule has 1 unspecified atom stereocenters. The normalized spacial score (nSPS) is 18.0. The lowest BCUT2D eigenvalue weighted by Gasteiger charge is -2.25. The van der Waals surface area contributed by atoms with Crippen LogP contribution in [0.15, 0.2) is 79.1 Å². The number of hydrogen-bond donors (Lipinski definition) is 2. The summed E-state index contributed by atoms with van der Waals surface area (Å²) in [5.74, 6) is -0.122. The summed E-state index contributed by atoms with van der Waals surface area (Å²) < 4.78 is 36.1. The SMILES string of the molecule is CC(OCCc1ccc([N+](=O)[O-])cc1)O[C@@H]1[C@H](O)[C@@H](COC(=O)OCCc2ccc([N+](=O)[O-])cc2)O[C@H]1n1cnc2c(OCCc3ccc([N+](=O)[O-])cc3)nc(N)nc21. The molecule has 2 aromatic heterocycles. The first-order chi connectivity index (χ1) is 28.4. The molecular formula is C37H38N8O14. The number of carbonyl (C=O) groups excluding carboxylic acids is 1. The number of aliphatic hydroxyl groups excluding tert-OH is 1. The van der Waals surface area contributed by atoms with Crippen LogP contribution in [0.2, 0.25) is 0 Å². The number of nitrogen functional groups attached to an aromatic ring is 1. The van der Waals surface area contributed by atoms with Crippen LogP contribution in [0, 0.1) is 30.3 Å². The first-order valence-electron chi connectivity index (χ1n) is 18.1. The summed E-state index contributed by atoms with van der Waals surface area (Å²) in [5, 5.41) is 44.4. The smallest absolute Gasteiger partial charge is 0.476 e. The monoisotopic (exact) mass is 818 g/mol. The molecule has 0 spiro atoms. The van der Waals surface area contributed by atoms with Crippen molar-refractivity contribution in [2.75, 3.05) is 32.2 Å². The maximum Gasteiger partial charge on any atom is 0.508 e. The van der Waals surface area contributed by atoms with E-state index in [0.29, 0.717) is 18.4 Å². The lowest BCUT2D eigenvalue weighted by molar-refractivity contribution is -0.385. The van der Waals surface area contributed by atoms with Crippen LogP contribution in [-0.4, -0.2) is 96.6 Å². The summed E-state index contributed by atoms with van der Waals surface area (Å²) in [7, 11) is 0. The van der Waals surface area contributed by atoms with Gasteiger partial charge in [0, 0.05) is 49.2 Å². The number of hydrogen-bond acceptors (Lipinski definition) is 18. The maximum atomic E-state index is 12.5. The minimum Gasteiger partial charge on any atom is -0.476 e. The number of non-ortho nitro benzene ring substituents is 3. The summed E-state index contributed by atoms with van der Waals surface area (Å²) in [6.45, 7) is 1.33. The van der Waals surface area contributed by atoms with Crippen molar-refractivity contribution in [1.82, 2.24) is 19.5 Å². The third kappa shape index (κ3) is 10.7. The molecule has 1 saturated heterocycles. The zero-order valence-corrected chi connectivity index (χ0v) is 31.3. The average Bonchev–Trinajstić information content (AvgIpc) is 3.77. The quantitative estimate of drug-likeness (QED) is 0.0505. The Hall–Kier alpha value is -6.88. The van der Waals surface area contributed by atoms with E-state index in [1.54, 1.807) is 43.3 Å². The molecule has 59 heavy (non-hydrogen) atoms. The number of nitrogens with zero attached hydrogens (tertiary/aromatic N) is 7. The van der Waals surface area contributed by atoms with Crippen molar-refractivity contribution in [3.63, 3.8) is 0 Å². The van der Waals surface area contributed by atoms with E-state index >= 15 is 0 Å². The topological polar surface area (TPSA) is 292 Å². The Balaban J connectivity index is 1.13. The molecule has 0 radical (unpaired) electrons. The van der Waals surface area contributed by atoms with Crippen LogP contribution in [0.4, 0.5) is 27.8 Å².